The Hall–Kier alpha value is -3.43. The highest BCUT2D eigenvalue weighted by Crippen LogP contribution is 2.30. The van der Waals surface area contributed by atoms with Crippen LogP contribution in [0, 0.1) is 11.6 Å². The summed E-state index contributed by atoms with van der Waals surface area (Å²) in [5, 5.41) is 8.38. The van der Waals surface area contributed by atoms with Gasteiger partial charge in [-0.15, -0.1) is 0 Å². The summed E-state index contributed by atoms with van der Waals surface area (Å²) < 4.78 is 65.9. The number of rotatable bonds is 4. The van der Waals surface area contributed by atoms with Gasteiger partial charge in [-0.3, -0.25) is 9.48 Å². The van der Waals surface area contributed by atoms with E-state index in [4.69, 9.17) is 0 Å². The Bertz CT molecular complexity index is 1010. The van der Waals surface area contributed by atoms with E-state index in [1.807, 2.05) is 0 Å². The topological polar surface area (TPSA) is 59.0 Å². The van der Waals surface area contributed by atoms with Crippen molar-refractivity contribution in [2.24, 2.45) is 7.05 Å². The number of aryl methyl sites for hydroxylation is 1. The molecule has 0 atom stereocenters. The Labute approximate surface area is 155 Å². The summed E-state index contributed by atoms with van der Waals surface area (Å²) in [6.07, 6.45) is -4.65. The second-order valence-electron chi connectivity index (χ2n) is 5.82. The Morgan fingerprint density at radius 1 is 1.04 bits per heavy atom. The second-order valence-corrected chi connectivity index (χ2v) is 5.82. The Balaban J connectivity index is 1.86. The molecule has 0 aliphatic heterocycles. The second kappa shape index (κ2) is 7.29. The number of amides is 1. The number of halogens is 5. The van der Waals surface area contributed by atoms with E-state index in [2.05, 4.69) is 15.7 Å². The fraction of sp³-hybridized carbons (Fsp3) is 0.111. The predicted octanol–water partition coefficient (Wildman–Crippen LogP) is 4.71. The van der Waals surface area contributed by atoms with Crippen LogP contribution in [0.1, 0.15) is 16.1 Å². The zero-order chi connectivity index (χ0) is 20.5. The van der Waals surface area contributed by atoms with Gasteiger partial charge in [-0.2, -0.15) is 18.3 Å². The number of carbonyl (C=O) groups is 1. The summed E-state index contributed by atoms with van der Waals surface area (Å²) in [6, 6.07) is 9.50. The van der Waals surface area contributed by atoms with Gasteiger partial charge >= 0.3 is 6.18 Å². The number of hydrogen-bond acceptors (Lipinski definition) is 3. The number of hydrogen-bond donors (Lipinski definition) is 2. The molecule has 0 aliphatic rings. The molecule has 0 spiro atoms. The van der Waals surface area contributed by atoms with Crippen LogP contribution in [0.2, 0.25) is 0 Å². The molecule has 0 bridgehead atoms. The van der Waals surface area contributed by atoms with Gasteiger partial charge < -0.3 is 10.6 Å². The number of para-hydroxylation sites is 1. The van der Waals surface area contributed by atoms with E-state index in [-0.39, 0.29) is 22.8 Å². The number of benzene rings is 2. The lowest BCUT2D eigenvalue weighted by Gasteiger charge is -2.12. The van der Waals surface area contributed by atoms with Crippen molar-refractivity contribution < 1.29 is 26.7 Å². The summed E-state index contributed by atoms with van der Waals surface area (Å²) in [5.74, 6) is -2.50. The van der Waals surface area contributed by atoms with Gasteiger partial charge in [0.1, 0.15) is 17.5 Å². The van der Waals surface area contributed by atoms with E-state index >= 15 is 0 Å². The van der Waals surface area contributed by atoms with Crippen molar-refractivity contribution in [3.63, 3.8) is 0 Å². The number of alkyl halides is 3. The summed E-state index contributed by atoms with van der Waals surface area (Å²) in [4.78, 5) is 12.5. The lowest BCUT2D eigenvalue weighted by Crippen LogP contribution is -2.16. The van der Waals surface area contributed by atoms with Gasteiger partial charge in [-0.1, -0.05) is 12.1 Å². The molecule has 146 valence electrons. The lowest BCUT2D eigenvalue weighted by atomic mass is 10.1. The minimum absolute atomic E-state index is 0.0573. The van der Waals surface area contributed by atoms with E-state index in [1.54, 1.807) is 6.07 Å². The van der Waals surface area contributed by atoms with Gasteiger partial charge in [0.15, 0.2) is 5.69 Å². The first kappa shape index (κ1) is 19.3. The van der Waals surface area contributed by atoms with Crippen molar-refractivity contribution in [2.45, 2.75) is 6.18 Å². The van der Waals surface area contributed by atoms with Crippen LogP contribution in [0.15, 0.2) is 48.5 Å². The molecule has 3 rings (SSSR count). The van der Waals surface area contributed by atoms with Gasteiger partial charge in [0.2, 0.25) is 0 Å². The van der Waals surface area contributed by atoms with Crippen LogP contribution in [0.3, 0.4) is 0 Å². The average molecular weight is 396 g/mol. The summed E-state index contributed by atoms with van der Waals surface area (Å²) in [7, 11) is 1.25. The zero-order valence-electron chi connectivity index (χ0n) is 14.3. The molecule has 0 fully saturated rings. The maximum atomic E-state index is 13.4. The number of anilines is 3. The minimum Gasteiger partial charge on any atom is -0.355 e. The van der Waals surface area contributed by atoms with Crippen LogP contribution >= 0.6 is 0 Å². The summed E-state index contributed by atoms with van der Waals surface area (Å²) in [6.45, 7) is 0. The monoisotopic (exact) mass is 396 g/mol. The molecular formula is C18H13F5N4O. The van der Waals surface area contributed by atoms with Crippen LogP contribution in [0.25, 0.3) is 0 Å². The zero-order valence-corrected chi connectivity index (χ0v) is 14.3. The molecule has 0 aliphatic carbocycles. The Kier molecular flexibility index (Phi) is 5.04. The molecule has 0 saturated heterocycles. The van der Waals surface area contributed by atoms with Gasteiger partial charge in [-0.25, -0.2) is 8.78 Å². The van der Waals surface area contributed by atoms with Crippen molar-refractivity contribution in [3.8, 4) is 0 Å². The summed E-state index contributed by atoms with van der Waals surface area (Å²) in [5.41, 5.74) is -0.810. The molecule has 1 heterocycles. The summed E-state index contributed by atoms with van der Waals surface area (Å²) >= 11 is 0. The largest absolute Gasteiger partial charge is 0.435 e. The first-order chi connectivity index (χ1) is 13.1. The predicted molar refractivity (Wildman–Crippen MR) is 92.2 cm³/mol. The maximum absolute atomic E-state index is 13.4. The first-order valence-electron chi connectivity index (χ1n) is 7.88. The smallest absolute Gasteiger partial charge is 0.355 e. The quantitative estimate of drug-likeness (QED) is 0.628. The van der Waals surface area contributed by atoms with Crippen molar-refractivity contribution in [3.05, 3.63) is 71.4 Å². The van der Waals surface area contributed by atoms with E-state index in [0.29, 0.717) is 12.1 Å². The molecule has 3 aromatic rings. The highest BCUT2D eigenvalue weighted by atomic mass is 19.4. The average Bonchev–Trinajstić information content (AvgIpc) is 2.95. The van der Waals surface area contributed by atoms with Crippen molar-refractivity contribution >= 4 is 23.1 Å². The van der Waals surface area contributed by atoms with Crippen LogP contribution in [0.5, 0.6) is 0 Å². The fourth-order valence-electron chi connectivity index (χ4n) is 2.48. The molecule has 2 aromatic carbocycles. The number of aromatic nitrogens is 2. The van der Waals surface area contributed by atoms with Crippen LogP contribution in [0.4, 0.5) is 39.1 Å². The molecule has 0 saturated carbocycles. The Morgan fingerprint density at radius 2 is 1.68 bits per heavy atom. The lowest BCUT2D eigenvalue weighted by molar-refractivity contribution is -0.141. The normalized spacial score (nSPS) is 11.4. The van der Waals surface area contributed by atoms with E-state index in [1.165, 1.54) is 25.2 Å². The SMILES string of the molecule is Cn1nc(C(F)(F)F)cc1NC(=O)c1ccccc1Nc1cc(F)cc(F)c1. The maximum Gasteiger partial charge on any atom is 0.435 e. The van der Waals surface area contributed by atoms with Gasteiger partial charge in [0.25, 0.3) is 5.91 Å². The van der Waals surface area contributed by atoms with Crippen LogP contribution in [-0.2, 0) is 13.2 Å². The van der Waals surface area contributed by atoms with Gasteiger partial charge in [-0.05, 0) is 24.3 Å². The third-order valence-corrected chi connectivity index (χ3v) is 3.73. The standard InChI is InChI=1S/C18H13F5N4O/c1-27-16(9-15(26-27)18(21,22)23)25-17(28)13-4-2-3-5-14(13)24-12-7-10(19)6-11(20)8-12/h2-9,24H,1H3,(H,25,28). The molecule has 5 nitrogen and oxygen atoms in total. The van der Waals surface area contributed by atoms with Crippen molar-refractivity contribution in [2.75, 3.05) is 10.6 Å². The molecule has 1 amide bonds. The van der Waals surface area contributed by atoms with Gasteiger partial charge in [0.05, 0.1) is 11.3 Å². The van der Waals surface area contributed by atoms with Crippen LogP contribution < -0.4 is 10.6 Å². The highest BCUT2D eigenvalue weighted by molar-refractivity contribution is 6.08. The van der Waals surface area contributed by atoms with Gasteiger partial charge in [0, 0.05) is 24.9 Å². The minimum atomic E-state index is -4.65. The molecular weight excluding hydrogens is 383 g/mol. The molecule has 28 heavy (non-hydrogen) atoms. The molecule has 10 heteroatoms. The number of nitrogens with zero attached hydrogens (tertiary/aromatic N) is 2. The van der Waals surface area contributed by atoms with E-state index < -0.39 is 29.4 Å². The third kappa shape index (κ3) is 4.27. The molecule has 1 aromatic heterocycles. The third-order valence-electron chi connectivity index (χ3n) is 3.73. The highest BCUT2D eigenvalue weighted by Gasteiger charge is 2.34. The van der Waals surface area contributed by atoms with Crippen molar-refractivity contribution in [1.29, 1.82) is 0 Å². The molecule has 2 N–H and O–H groups in total. The van der Waals surface area contributed by atoms with E-state index in [0.717, 1.165) is 16.8 Å². The number of nitrogens with one attached hydrogen (secondary N) is 2. The Morgan fingerprint density at radius 3 is 2.29 bits per heavy atom. The first-order valence-corrected chi connectivity index (χ1v) is 7.88. The van der Waals surface area contributed by atoms with Crippen LogP contribution in [-0.4, -0.2) is 15.7 Å². The number of carbonyl (C=O) groups excluding carboxylic acids is 1. The fourth-order valence-corrected chi connectivity index (χ4v) is 2.48. The van der Waals surface area contributed by atoms with E-state index in [9.17, 15) is 26.7 Å². The van der Waals surface area contributed by atoms with Crippen molar-refractivity contribution in [1.82, 2.24) is 9.78 Å². The molecule has 0 radical (unpaired) electrons. The molecule has 0 unspecified atom stereocenters.